The summed E-state index contributed by atoms with van der Waals surface area (Å²) >= 11 is 0. The summed E-state index contributed by atoms with van der Waals surface area (Å²) in [5, 5.41) is 0. The molecule has 0 spiro atoms. The van der Waals surface area contributed by atoms with Gasteiger partial charge in [0.2, 0.25) is 0 Å². The molecule has 3 heteroatoms. The molecule has 3 heterocycles. The zero-order chi connectivity index (χ0) is 14.7. The lowest BCUT2D eigenvalue weighted by atomic mass is 9.77. The minimum atomic E-state index is 0.116. The summed E-state index contributed by atoms with van der Waals surface area (Å²) in [6, 6.07) is 16.4. The lowest BCUT2D eigenvalue weighted by molar-refractivity contribution is -0.0410. The van der Waals surface area contributed by atoms with Gasteiger partial charge in [0.05, 0.1) is 17.8 Å². The van der Waals surface area contributed by atoms with Crippen LogP contribution in [0.2, 0.25) is 0 Å². The van der Waals surface area contributed by atoms with Crippen LogP contribution in [-0.4, -0.2) is 12.5 Å². The Morgan fingerprint density at radius 1 is 1.00 bits per heavy atom. The molecule has 0 radical (unpaired) electrons. The molecule has 3 aliphatic heterocycles. The van der Waals surface area contributed by atoms with Gasteiger partial charge in [0, 0.05) is 23.7 Å². The number of carbonyl (C=O) groups is 1. The molecule has 2 aromatic rings. The number of carbonyl (C=O) groups excluding carboxylic acids is 1. The number of ether oxygens (including phenoxy) is 1. The van der Waals surface area contributed by atoms with Gasteiger partial charge in [-0.2, -0.15) is 0 Å². The molecule has 5 rings (SSSR count). The van der Waals surface area contributed by atoms with Gasteiger partial charge < -0.3 is 9.64 Å². The molecule has 0 aromatic heterocycles. The number of anilines is 1. The Hall–Kier alpha value is -2.13. The van der Waals surface area contributed by atoms with E-state index in [0.717, 1.165) is 30.7 Å². The second kappa shape index (κ2) is 4.43. The Bertz CT molecular complexity index is 770. The quantitative estimate of drug-likeness (QED) is 0.737. The molecule has 22 heavy (non-hydrogen) atoms. The molecule has 1 saturated heterocycles. The third-order valence-electron chi connectivity index (χ3n) is 5.28. The maximum Gasteiger partial charge on any atom is 0.259 e. The SMILES string of the molecule is O=C1c2ccccc2[C@@H]2[C@H]3CCCO[C@H]3c3ccccc3N12. The molecule has 1 amide bonds. The molecule has 0 N–H and O–H groups in total. The normalized spacial score (nSPS) is 28.6. The van der Waals surface area contributed by atoms with Crippen LogP contribution in [0.1, 0.15) is 46.5 Å². The Morgan fingerprint density at radius 3 is 2.68 bits per heavy atom. The second-order valence-electron chi connectivity index (χ2n) is 6.36. The third-order valence-corrected chi connectivity index (χ3v) is 5.28. The zero-order valence-electron chi connectivity index (χ0n) is 12.2. The van der Waals surface area contributed by atoms with Gasteiger partial charge in [-0.1, -0.05) is 36.4 Å². The first-order chi connectivity index (χ1) is 10.9. The van der Waals surface area contributed by atoms with Crippen molar-refractivity contribution in [2.45, 2.75) is 25.0 Å². The van der Waals surface area contributed by atoms with Crippen LogP contribution in [0.3, 0.4) is 0 Å². The fourth-order valence-corrected chi connectivity index (χ4v) is 4.42. The van der Waals surface area contributed by atoms with Crippen LogP contribution in [-0.2, 0) is 4.74 Å². The lowest BCUT2D eigenvalue weighted by Crippen LogP contribution is -2.42. The van der Waals surface area contributed by atoms with Crippen LogP contribution in [0.25, 0.3) is 0 Å². The molecular formula is C19H17NO2. The predicted molar refractivity (Wildman–Crippen MR) is 83.9 cm³/mol. The largest absolute Gasteiger partial charge is 0.373 e. The summed E-state index contributed by atoms with van der Waals surface area (Å²) in [4.78, 5) is 15.0. The van der Waals surface area contributed by atoms with Crippen molar-refractivity contribution in [3.05, 3.63) is 65.2 Å². The van der Waals surface area contributed by atoms with E-state index in [0.29, 0.717) is 5.92 Å². The van der Waals surface area contributed by atoms with Crippen molar-refractivity contribution >= 4 is 11.6 Å². The zero-order valence-corrected chi connectivity index (χ0v) is 12.2. The van der Waals surface area contributed by atoms with E-state index in [1.165, 1.54) is 11.1 Å². The number of hydrogen-bond donors (Lipinski definition) is 0. The average molecular weight is 291 g/mol. The van der Waals surface area contributed by atoms with Crippen LogP contribution in [0, 0.1) is 5.92 Å². The van der Waals surface area contributed by atoms with Gasteiger partial charge >= 0.3 is 0 Å². The first kappa shape index (κ1) is 12.4. The summed E-state index contributed by atoms with van der Waals surface area (Å²) in [6.07, 6.45) is 2.30. The number of nitrogens with zero attached hydrogens (tertiary/aromatic N) is 1. The van der Waals surface area contributed by atoms with E-state index >= 15 is 0 Å². The maximum atomic E-state index is 13.0. The Kier molecular flexibility index (Phi) is 2.50. The highest BCUT2D eigenvalue weighted by atomic mass is 16.5. The fourth-order valence-electron chi connectivity index (χ4n) is 4.42. The molecule has 3 aliphatic rings. The molecule has 2 aromatic carbocycles. The van der Waals surface area contributed by atoms with Crippen molar-refractivity contribution in [1.82, 2.24) is 0 Å². The van der Waals surface area contributed by atoms with Crippen LogP contribution < -0.4 is 4.90 Å². The standard InChI is InChI=1S/C19H17NO2/c21-19-13-7-2-1-6-12(13)17-15-9-5-11-22-18(15)14-8-3-4-10-16(14)20(17)19/h1-4,6-8,10,15,17-18H,5,9,11H2/t15-,17-,18+/m1/s1. The monoisotopic (exact) mass is 291 g/mol. The van der Waals surface area contributed by atoms with Gasteiger partial charge in [0.1, 0.15) is 0 Å². The first-order valence-corrected chi connectivity index (χ1v) is 7.99. The summed E-state index contributed by atoms with van der Waals surface area (Å²) in [5.41, 5.74) is 4.22. The van der Waals surface area contributed by atoms with Crippen molar-refractivity contribution in [2.75, 3.05) is 11.5 Å². The van der Waals surface area contributed by atoms with E-state index in [4.69, 9.17) is 4.74 Å². The van der Waals surface area contributed by atoms with Gasteiger partial charge in [-0.05, 0) is 30.5 Å². The van der Waals surface area contributed by atoms with Gasteiger partial charge in [0.15, 0.2) is 0 Å². The van der Waals surface area contributed by atoms with Gasteiger partial charge in [0.25, 0.3) is 5.91 Å². The van der Waals surface area contributed by atoms with Crippen molar-refractivity contribution in [3.63, 3.8) is 0 Å². The lowest BCUT2D eigenvalue weighted by Gasteiger charge is -2.45. The third kappa shape index (κ3) is 1.47. The van der Waals surface area contributed by atoms with Crippen LogP contribution in [0.15, 0.2) is 48.5 Å². The molecule has 0 aliphatic carbocycles. The number of rotatable bonds is 0. The highest BCUT2D eigenvalue weighted by Gasteiger charge is 2.50. The number of benzene rings is 2. The summed E-state index contributed by atoms with van der Waals surface area (Å²) in [5.74, 6) is 0.494. The minimum absolute atomic E-state index is 0.116. The highest BCUT2D eigenvalue weighted by Crippen LogP contribution is 2.55. The Labute approximate surface area is 129 Å². The summed E-state index contributed by atoms with van der Waals surface area (Å²) < 4.78 is 6.13. The maximum absolute atomic E-state index is 13.0. The van der Waals surface area contributed by atoms with Crippen LogP contribution >= 0.6 is 0 Å². The summed E-state index contributed by atoms with van der Waals surface area (Å²) in [6.45, 7) is 0.817. The minimum Gasteiger partial charge on any atom is -0.373 e. The van der Waals surface area contributed by atoms with Crippen molar-refractivity contribution < 1.29 is 9.53 Å². The number of fused-ring (bicyclic) bond motifs is 8. The predicted octanol–water partition coefficient (Wildman–Crippen LogP) is 3.87. The first-order valence-electron chi connectivity index (χ1n) is 7.99. The fraction of sp³-hybridized carbons (Fsp3) is 0.316. The molecule has 0 unspecified atom stereocenters. The molecule has 1 fully saturated rings. The van der Waals surface area contributed by atoms with Gasteiger partial charge in [-0.25, -0.2) is 0 Å². The van der Waals surface area contributed by atoms with Gasteiger partial charge in [-0.15, -0.1) is 0 Å². The van der Waals surface area contributed by atoms with E-state index in [2.05, 4.69) is 18.2 Å². The van der Waals surface area contributed by atoms with E-state index in [-0.39, 0.29) is 18.1 Å². The molecule has 0 bridgehead atoms. The highest BCUT2D eigenvalue weighted by molar-refractivity contribution is 6.11. The van der Waals surface area contributed by atoms with Crippen LogP contribution in [0.5, 0.6) is 0 Å². The number of hydrogen-bond acceptors (Lipinski definition) is 2. The number of para-hydroxylation sites is 1. The second-order valence-corrected chi connectivity index (χ2v) is 6.36. The Morgan fingerprint density at radius 2 is 1.77 bits per heavy atom. The molecule has 3 atom stereocenters. The molecule has 0 saturated carbocycles. The van der Waals surface area contributed by atoms with Crippen molar-refractivity contribution in [1.29, 1.82) is 0 Å². The van der Waals surface area contributed by atoms with E-state index < -0.39 is 0 Å². The number of amides is 1. The van der Waals surface area contributed by atoms with E-state index in [9.17, 15) is 4.79 Å². The van der Waals surface area contributed by atoms with Gasteiger partial charge in [-0.3, -0.25) is 4.79 Å². The van der Waals surface area contributed by atoms with Crippen LogP contribution in [0.4, 0.5) is 5.69 Å². The molecule has 110 valence electrons. The topological polar surface area (TPSA) is 29.5 Å². The van der Waals surface area contributed by atoms with Crippen molar-refractivity contribution in [2.24, 2.45) is 5.92 Å². The Balaban J connectivity index is 1.77. The molecular weight excluding hydrogens is 274 g/mol. The summed E-state index contributed by atoms with van der Waals surface area (Å²) in [7, 11) is 0. The molecule has 3 nitrogen and oxygen atoms in total. The van der Waals surface area contributed by atoms with E-state index in [1.54, 1.807) is 0 Å². The smallest absolute Gasteiger partial charge is 0.259 e. The van der Waals surface area contributed by atoms with Crippen molar-refractivity contribution in [3.8, 4) is 0 Å². The van der Waals surface area contributed by atoms with E-state index in [1.807, 2.05) is 35.2 Å². The average Bonchev–Trinajstić information content (AvgIpc) is 2.89.